The first kappa shape index (κ1) is 10.9. The third kappa shape index (κ3) is 1.82. The zero-order valence-electron chi connectivity index (χ0n) is 9.13. The van der Waals surface area contributed by atoms with E-state index in [-0.39, 0.29) is 6.04 Å². The van der Waals surface area contributed by atoms with Crippen LogP contribution in [0.3, 0.4) is 0 Å². The molecule has 1 atom stereocenters. The number of hydrogen-bond donors (Lipinski definition) is 1. The zero-order chi connectivity index (χ0) is 10.7. The van der Waals surface area contributed by atoms with Crippen molar-refractivity contribution in [2.45, 2.75) is 19.9 Å². The van der Waals surface area contributed by atoms with Gasteiger partial charge in [-0.2, -0.15) is 0 Å². The molecule has 3 heteroatoms. The first-order chi connectivity index (χ1) is 6.61. The summed E-state index contributed by atoms with van der Waals surface area (Å²) in [6.07, 6.45) is 0. The van der Waals surface area contributed by atoms with E-state index in [1.54, 1.807) is 14.2 Å². The van der Waals surface area contributed by atoms with Gasteiger partial charge >= 0.3 is 0 Å². The maximum atomic E-state index is 5.83. The van der Waals surface area contributed by atoms with Crippen LogP contribution in [0.1, 0.15) is 24.1 Å². The summed E-state index contributed by atoms with van der Waals surface area (Å²) < 4.78 is 10.5. The topological polar surface area (TPSA) is 44.5 Å². The van der Waals surface area contributed by atoms with E-state index in [4.69, 9.17) is 15.2 Å². The summed E-state index contributed by atoms with van der Waals surface area (Å²) in [5, 5.41) is 0. The second-order valence-electron chi connectivity index (χ2n) is 3.30. The third-order valence-corrected chi connectivity index (χ3v) is 2.30. The van der Waals surface area contributed by atoms with Crippen LogP contribution >= 0.6 is 0 Å². The van der Waals surface area contributed by atoms with Crippen LogP contribution in [0.4, 0.5) is 0 Å². The van der Waals surface area contributed by atoms with Crippen LogP contribution in [0.5, 0.6) is 11.5 Å². The van der Waals surface area contributed by atoms with Crippen LogP contribution in [-0.4, -0.2) is 14.2 Å². The van der Waals surface area contributed by atoms with Gasteiger partial charge in [-0.25, -0.2) is 0 Å². The smallest absolute Gasteiger partial charge is 0.130 e. The minimum absolute atomic E-state index is 0.0328. The Labute approximate surface area is 84.8 Å². The summed E-state index contributed by atoms with van der Waals surface area (Å²) in [6.45, 7) is 3.90. The number of methoxy groups -OCH3 is 2. The summed E-state index contributed by atoms with van der Waals surface area (Å²) in [6, 6.07) is 3.82. The largest absolute Gasteiger partial charge is 0.496 e. The zero-order valence-corrected chi connectivity index (χ0v) is 9.13. The van der Waals surface area contributed by atoms with E-state index in [0.29, 0.717) is 0 Å². The molecule has 0 aliphatic carbocycles. The van der Waals surface area contributed by atoms with Gasteiger partial charge in [-0.15, -0.1) is 0 Å². The molecule has 0 aromatic heterocycles. The maximum Gasteiger partial charge on any atom is 0.130 e. The van der Waals surface area contributed by atoms with Crippen LogP contribution in [0.15, 0.2) is 12.1 Å². The first-order valence-corrected chi connectivity index (χ1v) is 4.58. The monoisotopic (exact) mass is 195 g/mol. The molecule has 1 aromatic rings. The van der Waals surface area contributed by atoms with Gasteiger partial charge in [0.25, 0.3) is 0 Å². The van der Waals surface area contributed by atoms with E-state index in [1.165, 1.54) is 0 Å². The van der Waals surface area contributed by atoms with Crippen molar-refractivity contribution in [3.8, 4) is 11.5 Å². The molecule has 78 valence electrons. The van der Waals surface area contributed by atoms with E-state index < -0.39 is 0 Å². The molecule has 0 spiro atoms. The van der Waals surface area contributed by atoms with Crippen LogP contribution in [0.25, 0.3) is 0 Å². The van der Waals surface area contributed by atoms with E-state index in [0.717, 1.165) is 22.6 Å². The maximum absolute atomic E-state index is 5.83. The molecule has 0 aliphatic heterocycles. The normalized spacial score (nSPS) is 12.4. The molecule has 1 unspecified atom stereocenters. The fourth-order valence-electron chi connectivity index (χ4n) is 1.55. The predicted molar refractivity (Wildman–Crippen MR) is 56.9 cm³/mol. The summed E-state index contributed by atoms with van der Waals surface area (Å²) in [4.78, 5) is 0. The van der Waals surface area contributed by atoms with E-state index in [2.05, 4.69) is 0 Å². The number of benzene rings is 1. The molecule has 0 amide bonds. The molecule has 0 bridgehead atoms. The van der Waals surface area contributed by atoms with E-state index in [1.807, 2.05) is 26.0 Å². The highest BCUT2D eigenvalue weighted by Gasteiger charge is 2.13. The highest BCUT2D eigenvalue weighted by atomic mass is 16.5. The quantitative estimate of drug-likeness (QED) is 0.802. The molecule has 0 heterocycles. The Bertz CT molecular complexity index is 321. The van der Waals surface area contributed by atoms with Crippen molar-refractivity contribution >= 4 is 0 Å². The van der Waals surface area contributed by atoms with Gasteiger partial charge in [0.15, 0.2) is 0 Å². The minimum atomic E-state index is -0.0328. The number of ether oxygens (including phenoxy) is 2. The standard InChI is InChI=1S/C11H17NO2/c1-7-10(13-3)6-5-9(8(2)12)11(7)14-4/h5-6,8H,12H2,1-4H3. The lowest BCUT2D eigenvalue weighted by atomic mass is 10.0. The van der Waals surface area contributed by atoms with Crippen molar-refractivity contribution in [3.63, 3.8) is 0 Å². The van der Waals surface area contributed by atoms with Gasteiger partial charge in [0, 0.05) is 17.2 Å². The molecule has 3 nitrogen and oxygen atoms in total. The van der Waals surface area contributed by atoms with Crippen LogP contribution in [0.2, 0.25) is 0 Å². The molecule has 1 aromatic carbocycles. The van der Waals surface area contributed by atoms with Crippen LogP contribution < -0.4 is 15.2 Å². The Kier molecular flexibility index (Phi) is 3.36. The Hall–Kier alpha value is -1.22. The Morgan fingerprint density at radius 3 is 2.29 bits per heavy atom. The highest BCUT2D eigenvalue weighted by Crippen LogP contribution is 2.33. The molecule has 1 rings (SSSR count). The van der Waals surface area contributed by atoms with Gasteiger partial charge in [0.2, 0.25) is 0 Å². The Morgan fingerprint density at radius 1 is 1.21 bits per heavy atom. The van der Waals surface area contributed by atoms with Crippen molar-refractivity contribution in [2.75, 3.05) is 14.2 Å². The van der Waals surface area contributed by atoms with Gasteiger partial charge < -0.3 is 15.2 Å². The van der Waals surface area contributed by atoms with Crippen LogP contribution in [0, 0.1) is 6.92 Å². The third-order valence-electron chi connectivity index (χ3n) is 2.30. The predicted octanol–water partition coefficient (Wildman–Crippen LogP) is 2.03. The Morgan fingerprint density at radius 2 is 1.86 bits per heavy atom. The lowest BCUT2D eigenvalue weighted by molar-refractivity contribution is 0.383. The molecule has 0 saturated heterocycles. The van der Waals surface area contributed by atoms with Gasteiger partial charge in [0.1, 0.15) is 11.5 Å². The first-order valence-electron chi connectivity index (χ1n) is 4.58. The van der Waals surface area contributed by atoms with E-state index in [9.17, 15) is 0 Å². The van der Waals surface area contributed by atoms with E-state index >= 15 is 0 Å². The SMILES string of the molecule is COc1ccc(C(C)N)c(OC)c1C. The number of nitrogens with two attached hydrogens (primary N) is 1. The fraction of sp³-hybridized carbons (Fsp3) is 0.455. The van der Waals surface area contributed by atoms with Crippen LogP contribution in [-0.2, 0) is 0 Å². The molecule has 14 heavy (non-hydrogen) atoms. The molecule has 2 N–H and O–H groups in total. The molecular weight excluding hydrogens is 178 g/mol. The van der Waals surface area contributed by atoms with Gasteiger partial charge in [-0.3, -0.25) is 0 Å². The highest BCUT2D eigenvalue weighted by molar-refractivity contribution is 5.50. The summed E-state index contributed by atoms with van der Waals surface area (Å²) in [7, 11) is 3.29. The fourth-order valence-corrected chi connectivity index (χ4v) is 1.55. The number of hydrogen-bond acceptors (Lipinski definition) is 3. The molecule has 0 aliphatic rings. The minimum Gasteiger partial charge on any atom is -0.496 e. The molecule has 0 radical (unpaired) electrons. The summed E-state index contributed by atoms with van der Waals surface area (Å²) in [5.41, 5.74) is 7.83. The summed E-state index contributed by atoms with van der Waals surface area (Å²) in [5.74, 6) is 1.64. The second-order valence-corrected chi connectivity index (χ2v) is 3.30. The van der Waals surface area contributed by atoms with Crippen molar-refractivity contribution in [3.05, 3.63) is 23.3 Å². The Balaban J connectivity index is 3.28. The van der Waals surface area contributed by atoms with Crippen molar-refractivity contribution < 1.29 is 9.47 Å². The van der Waals surface area contributed by atoms with Crippen molar-refractivity contribution in [1.29, 1.82) is 0 Å². The molecule has 0 saturated carbocycles. The van der Waals surface area contributed by atoms with Crippen molar-refractivity contribution in [2.24, 2.45) is 5.73 Å². The molecular formula is C11H17NO2. The van der Waals surface area contributed by atoms with Gasteiger partial charge in [0.05, 0.1) is 14.2 Å². The van der Waals surface area contributed by atoms with Crippen molar-refractivity contribution in [1.82, 2.24) is 0 Å². The summed E-state index contributed by atoms with van der Waals surface area (Å²) >= 11 is 0. The average Bonchev–Trinajstić information content (AvgIpc) is 2.17. The number of rotatable bonds is 3. The lowest BCUT2D eigenvalue weighted by Crippen LogP contribution is -2.08. The molecule has 0 fully saturated rings. The van der Waals surface area contributed by atoms with Gasteiger partial charge in [-0.1, -0.05) is 6.07 Å². The van der Waals surface area contributed by atoms with Gasteiger partial charge in [-0.05, 0) is 19.9 Å². The second kappa shape index (κ2) is 4.33. The lowest BCUT2D eigenvalue weighted by Gasteiger charge is -2.16. The average molecular weight is 195 g/mol.